The molecular formula is C30H47F2N3O4S. The van der Waals surface area contributed by atoms with Crippen LogP contribution in [-0.2, 0) is 14.8 Å². The molecule has 0 spiro atoms. The zero-order valence-electron chi connectivity index (χ0n) is 24.6. The van der Waals surface area contributed by atoms with Gasteiger partial charge in [0.05, 0.1) is 6.26 Å². The van der Waals surface area contributed by atoms with Crippen LogP contribution in [0.3, 0.4) is 0 Å². The molecule has 3 fully saturated rings. The number of amides is 1. The van der Waals surface area contributed by atoms with Crippen molar-refractivity contribution in [3.63, 3.8) is 0 Å². The van der Waals surface area contributed by atoms with E-state index in [1.165, 1.54) is 22.7 Å². The molecule has 3 aliphatic heterocycles. The van der Waals surface area contributed by atoms with Crippen molar-refractivity contribution in [2.75, 3.05) is 52.1 Å². The van der Waals surface area contributed by atoms with Crippen LogP contribution < -0.4 is 0 Å². The lowest BCUT2D eigenvalue weighted by molar-refractivity contribution is 0.0135. The van der Waals surface area contributed by atoms with E-state index in [1.807, 2.05) is 25.7 Å². The lowest BCUT2D eigenvalue weighted by Crippen LogP contribution is -2.44. The largest absolute Gasteiger partial charge is 0.444 e. The first kappa shape index (κ1) is 31.2. The van der Waals surface area contributed by atoms with Gasteiger partial charge in [0.25, 0.3) is 0 Å². The summed E-state index contributed by atoms with van der Waals surface area (Å²) in [5, 5.41) is 0. The minimum atomic E-state index is -3.23. The van der Waals surface area contributed by atoms with Crippen molar-refractivity contribution < 1.29 is 26.7 Å². The number of piperidine rings is 3. The number of halogens is 2. The van der Waals surface area contributed by atoms with Crippen LogP contribution >= 0.6 is 0 Å². The minimum absolute atomic E-state index is 0.0122. The third-order valence-corrected chi connectivity index (χ3v) is 10.4. The highest BCUT2D eigenvalue weighted by Crippen LogP contribution is 2.38. The molecule has 1 aromatic carbocycles. The van der Waals surface area contributed by atoms with Gasteiger partial charge in [-0.1, -0.05) is 0 Å². The first-order valence-corrected chi connectivity index (χ1v) is 16.7. The van der Waals surface area contributed by atoms with Gasteiger partial charge in [-0.15, -0.1) is 0 Å². The van der Waals surface area contributed by atoms with Crippen LogP contribution in [-0.4, -0.2) is 86.3 Å². The molecule has 3 heterocycles. The van der Waals surface area contributed by atoms with Gasteiger partial charge in [0.1, 0.15) is 17.2 Å². The Balaban J connectivity index is 1.29. The Hall–Kier alpha value is -1.78. The number of nitrogens with zero attached hydrogens (tertiary/aromatic N) is 3. The molecule has 3 aliphatic rings. The average molecular weight is 584 g/mol. The Labute approximate surface area is 239 Å². The maximum atomic E-state index is 14.2. The molecule has 226 valence electrons. The Morgan fingerprint density at radius 2 is 1.43 bits per heavy atom. The van der Waals surface area contributed by atoms with Crippen molar-refractivity contribution in [3.05, 3.63) is 35.4 Å². The van der Waals surface area contributed by atoms with Crippen LogP contribution in [0, 0.1) is 29.4 Å². The van der Waals surface area contributed by atoms with E-state index in [0.717, 1.165) is 70.9 Å². The van der Waals surface area contributed by atoms with Crippen LogP contribution in [0.15, 0.2) is 18.2 Å². The van der Waals surface area contributed by atoms with E-state index in [0.29, 0.717) is 43.3 Å². The van der Waals surface area contributed by atoms with E-state index >= 15 is 0 Å². The number of sulfonamides is 1. The molecule has 0 saturated carbocycles. The highest BCUT2D eigenvalue weighted by molar-refractivity contribution is 7.88. The molecule has 0 bridgehead atoms. The fourth-order valence-electron chi connectivity index (χ4n) is 6.92. The van der Waals surface area contributed by atoms with Gasteiger partial charge >= 0.3 is 6.09 Å². The van der Waals surface area contributed by atoms with Crippen molar-refractivity contribution >= 4 is 16.1 Å². The number of rotatable bonds is 7. The fraction of sp³-hybridized carbons (Fsp3) is 0.767. The summed E-state index contributed by atoms with van der Waals surface area (Å²) in [7, 11) is -3.23. The smallest absolute Gasteiger partial charge is 0.410 e. The lowest BCUT2D eigenvalue weighted by atomic mass is 9.77. The van der Waals surface area contributed by atoms with Gasteiger partial charge in [0, 0.05) is 32.2 Å². The molecule has 1 aromatic rings. The average Bonchev–Trinajstić information content (AvgIpc) is 2.87. The molecule has 0 aliphatic carbocycles. The minimum Gasteiger partial charge on any atom is -0.444 e. The second-order valence-corrected chi connectivity index (χ2v) is 15.1. The van der Waals surface area contributed by atoms with E-state index in [4.69, 9.17) is 4.74 Å². The van der Waals surface area contributed by atoms with E-state index in [9.17, 15) is 22.0 Å². The highest BCUT2D eigenvalue weighted by Gasteiger charge is 2.34. The van der Waals surface area contributed by atoms with Gasteiger partial charge in [-0.05, 0) is 127 Å². The highest BCUT2D eigenvalue weighted by atomic mass is 32.2. The number of carbonyl (C=O) groups excluding carboxylic acids is 1. The maximum absolute atomic E-state index is 14.2. The third kappa shape index (κ3) is 8.61. The molecule has 0 radical (unpaired) electrons. The zero-order valence-corrected chi connectivity index (χ0v) is 25.4. The standard InChI is InChI=1S/C30H47F2N3O4S/c1-30(2,3)39-29(36)34-15-7-23(8-16-34)22-5-12-33(13-6-22)14-11-28(25-19-26(31)21-27(32)20-25)24-9-17-35(18-10-24)40(4,37)38/h19-24,28H,5-18H2,1-4H3/t28-/m1/s1. The first-order valence-electron chi connectivity index (χ1n) is 14.9. The third-order valence-electron chi connectivity index (χ3n) is 9.10. The number of hydrogen-bond donors (Lipinski definition) is 0. The van der Waals surface area contributed by atoms with Crippen LogP contribution in [0.25, 0.3) is 0 Å². The molecule has 4 rings (SSSR count). The Morgan fingerprint density at radius 3 is 1.93 bits per heavy atom. The molecular weight excluding hydrogens is 536 g/mol. The molecule has 0 unspecified atom stereocenters. The summed E-state index contributed by atoms with van der Waals surface area (Å²) < 4.78 is 59.3. The number of ether oxygens (including phenoxy) is 1. The van der Waals surface area contributed by atoms with E-state index in [2.05, 4.69) is 4.90 Å². The number of likely N-dealkylation sites (tertiary alicyclic amines) is 2. The van der Waals surface area contributed by atoms with Gasteiger partial charge < -0.3 is 14.5 Å². The molecule has 1 amide bonds. The summed E-state index contributed by atoms with van der Waals surface area (Å²) in [6, 6.07) is 3.81. The second kappa shape index (κ2) is 13.0. The predicted molar refractivity (Wildman–Crippen MR) is 153 cm³/mol. The molecule has 0 aromatic heterocycles. The summed E-state index contributed by atoms with van der Waals surface area (Å²) in [5.74, 6) is 0.335. The van der Waals surface area contributed by atoms with Crippen molar-refractivity contribution in [3.8, 4) is 0 Å². The van der Waals surface area contributed by atoms with Gasteiger partial charge in [0.15, 0.2) is 0 Å². The summed E-state index contributed by atoms with van der Waals surface area (Å²) in [4.78, 5) is 16.7. The van der Waals surface area contributed by atoms with Crippen LogP contribution in [0.2, 0.25) is 0 Å². The first-order chi connectivity index (χ1) is 18.8. The Bertz CT molecular complexity index is 1080. The van der Waals surface area contributed by atoms with E-state index in [-0.39, 0.29) is 17.9 Å². The summed E-state index contributed by atoms with van der Waals surface area (Å²) >= 11 is 0. The zero-order chi connectivity index (χ0) is 29.1. The quantitative estimate of drug-likeness (QED) is 0.426. The topological polar surface area (TPSA) is 70.2 Å². The Morgan fingerprint density at radius 1 is 0.900 bits per heavy atom. The van der Waals surface area contributed by atoms with Gasteiger partial charge in [-0.2, -0.15) is 0 Å². The fourth-order valence-corrected chi connectivity index (χ4v) is 7.80. The van der Waals surface area contributed by atoms with Gasteiger partial charge in [0.2, 0.25) is 10.0 Å². The van der Waals surface area contributed by atoms with Gasteiger partial charge in [-0.3, -0.25) is 0 Å². The van der Waals surface area contributed by atoms with Crippen molar-refractivity contribution in [1.82, 2.24) is 14.1 Å². The number of carbonyl (C=O) groups is 1. The molecule has 0 N–H and O–H groups in total. The van der Waals surface area contributed by atoms with Gasteiger partial charge in [-0.25, -0.2) is 26.3 Å². The molecule has 10 heteroatoms. The van der Waals surface area contributed by atoms with Crippen LogP contribution in [0.1, 0.15) is 77.2 Å². The van der Waals surface area contributed by atoms with Crippen molar-refractivity contribution in [2.45, 2.75) is 77.2 Å². The number of benzene rings is 1. The van der Waals surface area contributed by atoms with Crippen LogP contribution in [0.5, 0.6) is 0 Å². The SMILES string of the molecule is CC(C)(C)OC(=O)N1CCC(C2CCN(CC[C@@H](c3cc(F)cc(F)c3)C3CCN(S(C)(=O)=O)CC3)CC2)CC1. The molecule has 7 nitrogen and oxygen atoms in total. The maximum Gasteiger partial charge on any atom is 0.410 e. The van der Waals surface area contributed by atoms with Crippen molar-refractivity contribution in [2.24, 2.45) is 17.8 Å². The lowest BCUT2D eigenvalue weighted by Gasteiger charge is -2.41. The molecule has 40 heavy (non-hydrogen) atoms. The monoisotopic (exact) mass is 583 g/mol. The Kier molecular flexibility index (Phi) is 10.1. The van der Waals surface area contributed by atoms with E-state index in [1.54, 1.807) is 0 Å². The van der Waals surface area contributed by atoms with E-state index < -0.39 is 27.3 Å². The summed E-state index contributed by atoms with van der Waals surface area (Å²) in [6.45, 7) is 11.0. The van der Waals surface area contributed by atoms with Crippen LogP contribution in [0.4, 0.5) is 13.6 Å². The predicted octanol–water partition coefficient (Wildman–Crippen LogP) is 5.47. The normalized spacial score (nSPS) is 22.4. The second-order valence-electron chi connectivity index (χ2n) is 13.1. The number of hydrogen-bond acceptors (Lipinski definition) is 5. The molecule has 1 atom stereocenters. The molecule has 3 saturated heterocycles. The van der Waals surface area contributed by atoms with Crippen molar-refractivity contribution in [1.29, 1.82) is 0 Å². The summed E-state index contributed by atoms with van der Waals surface area (Å²) in [5.41, 5.74) is 0.206. The summed E-state index contributed by atoms with van der Waals surface area (Å²) in [6.07, 6.45) is 7.50.